The Balaban J connectivity index is 2.05. The van der Waals surface area contributed by atoms with Gasteiger partial charge >= 0.3 is 0 Å². The fourth-order valence-electron chi connectivity index (χ4n) is 4.12. The van der Waals surface area contributed by atoms with Gasteiger partial charge in [-0.2, -0.15) is 4.31 Å². The van der Waals surface area contributed by atoms with Crippen LogP contribution in [0.25, 0.3) is 11.4 Å². The van der Waals surface area contributed by atoms with Crippen LogP contribution in [0.15, 0.2) is 30.3 Å². The lowest BCUT2D eigenvalue weighted by molar-refractivity contribution is -0.124. The second kappa shape index (κ2) is 9.87. The van der Waals surface area contributed by atoms with E-state index in [1.54, 1.807) is 0 Å². The van der Waals surface area contributed by atoms with E-state index in [1.807, 2.05) is 69.5 Å². The van der Waals surface area contributed by atoms with Gasteiger partial charge in [0.15, 0.2) is 5.69 Å². The number of sulfonamides is 1. The van der Waals surface area contributed by atoms with Crippen LogP contribution in [0, 0.1) is 11.3 Å². The molecule has 186 valence electrons. The van der Waals surface area contributed by atoms with E-state index in [0.717, 1.165) is 5.56 Å². The van der Waals surface area contributed by atoms with E-state index in [4.69, 9.17) is 0 Å². The Morgan fingerprint density at radius 3 is 2.32 bits per heavy atom. The number of hydrogen-bond acceptors (Lipinski definition) is 5. The van der Waals surface area contributed by atoms with Crippen LogP contribution in [0.2, 0.25) is 0 Å². The van der Waals surface area contributed by atoms with Gasteiger partial charge in [-0.3, -0.25) is 9.59 Å². The standard InChI is InChI=1S/C24H35N5O4S/c1-16(2)15-34(32,33)28-12-13-29-18(14-28)19(26-21(29)17-10-8-7-9-11-17)22(30)27-20(23(31)25-6)24(3,4)5/h7-11,16,20H,12-15H2,1-6H3,(H,25,31)(H,27,30). The molecule has 3 rings (SSSR count). The fraction of sp³-hybridized carbons (Fsp3) is 0.542. The highest BCUT2D eigenvalue weighted by molar-refractivity contribution is 7.89. The first-order valence-corrected chi connectivity index (χ1v) is 13.1. The van der Waals surface area contributed by atoms with Crippen LogP contribution >= 0.6 is 0 Å². The molecule has 2 heterocycles. The minimum absolute atomic E-state index is 0.0143. The highest BCUT2D eigenvalue weighted by Crippen LogP contribution is 2.29. The first-order valence-electron chi connectivity index (χ1n) is 11.5. The van der Waals surface area contributed by atoms with Gasteiger partial charge in [0.05, 0.1) is 18.0 Å². The summed E-state index contributed by atoms with van der Waals surface area (Å²) in [6.45, 7) is 10.1. The SMILES string of the molecule is CNC(=O)C(NC(=O)c1nc(-c2ccccc2)n2c1CN(S(=O)(=O)CC(C)C)CC2)C(C)(C)C. The van der Waals surface area contributed by atoms with Crippen LogP contribution in [0.3, 0.4) is 0 Å². The number of aromatic nitrogens is 2. The zero-order valence-electron chi connectivity index (χ0n) is 20.8. The number of carbonyl (C=O) groups excluding carboxylic acids is 2. The highest BCUT2D eigenvalue weighted by Gasteiger charge is 2.36. The number of benzene rings is 1. The molecule has 1 aromatic carbocycles. The second-order valence-electron chi connectivity index (χ2n) is 10.1. The number of amides is 2. The minimum atomic E-state index is -3.49. The molecule has 2 N–H and O–H groups in total. The molecule has 1 aliphatic rings. The summed E-state index contributed by atoms with van der Waals surface area (Å²) in [7, 11) is -1.97. The Morgan fingerprint density at radius 1 is 1.12 bits per heavy atom. The number of nitrogens with zero attached hydrogens (tertiary/aromatic N) is 3. The maximum absolute atomic E-state index is 13.4. The normalized spacial score (nSPS) is 15.6. The number of hydrogen-bond donors (Lipinski definition) is 2. The van der Waals surface area contributed by atoms with Gasteiger partial charge in [0.2, 0.25) is 15.9 Å². The highest BCUT2D eigenvalue weighted by atomic mass is 32.2. The molecule has 2 amide bonds. The molecule has 1 unspecified atom stereocenters. The molecule has 0 spiro atoms. The molecule has 10 heteroatoms. The lowest BCUT2D eigenvalue weighted by atomic mass is 9.86. The van der Waals surface area contributed by atoms with E-state index in [0.29, 0.717) is 24.6 Å². The van der Waals surface area contributed by atoms with E-state index in [9.17, 15) is 18.0 Å². The summed E-state index contributed by atoms with van der Waals surface area (Å²) in [4.78, 5) is 30.6. The third kappa shape index (κ3) is 5.50. The third-order valence-corrected chi connectivity index (χ3v) is 7.99. The molecule has 0 radical (unpaired) electrons. The van der Waals surface area contributed by atoms with Crippen LogP contribution in [-0.2, 0) is 27.9 Å². The van der Waals surface area contributed by atoms with Crippen LogP contribution in [0.4, 0.5) is 0 Å². The average molecular weight is 490 g/mol. The van der Waals surface area contributed by atoms with Gasteiger partial charge < -0.3 is 15.2 Å². The summed E-state index contributed by atoms with van der Waals surface area (Å²) in [6.07, 6.45) is 0. The summed E-state index contributed by atoms with van der Waals surface area (Å²) < 4.78 is 29.2. The summed E-state index contributed by atoms with van der Waals surface area (Å²) in [5, 5.41) is 5.43. The lowest BCUT2D eigenvalue weighted by Gasteiger charge is -2.31. The molecule has 1 atom stereocenters. The monoisotopic (exact) mass is 489 g/mol. The number of carbonyl (C=O) groups is 2. The van der Waals surface area contributed by atoms with Crippen molar-refractivity contribution in [3.05, 3.63) is 41.7 Å². The smallest absolute Gasteiger partial charge is 0.272 e. The minimum Gasteiger partial charge on any atom is -0.357 e. The third-order valence-electron chi connectivity index (χ3n) is 5.81. The Kier molecular flexibility index (Phi) is 7.52. The quantitative estimate of drug-likeness (QED) is 0.619. The van der Waals surface area contributed by atoms with Crippen molar-refractivity contribution >= 4 is 21.8 Å². The first-order chi connectivity index (χ1) is 15.8. The first kappa shape index (κ1) is 25.9. The van der Waals surface area contributed by atoms with Crippen LogP contribution in [0.1, 0.15) is 50.8 Å². The van der Waals surface area contributed by atoms with Crippen LogP contribution in [0.5, 0.6) is 0 Å². The summed E-state index contributed by atoms with van der Waals surface area (Å²) in [5.74, 6) is -0.179. The Labute approximate surface area is 202 Å². The average Bonchev–Trinajstić information content (AvgIpc) is 3.15. The Bertz CT molecular complexity index is 1150. The Morgan fingerprint density at radius 2 is 1.76 bits per heavy atom. The molecule has 9 nitrogen and oxygen atoms in total. The molecule has 34 heavy (non-hydrogen) atoms. The molecule has 0 saturated heterocycles. The maximum atomic E-state index is 13.4. The molecule has 1 aliphatic heterocycles. The van der Waals surface area contributed by atoms with Crippen molar-refractivity contribution in [3.63, 3.8) is 0 Å². The lowest BCUT2D eigenvalue weighted by Crippen LogP contribution is -2.53. The molecule has 0 saturated carbocycles. The van der Waals surface area contributed by atoms with Gasteiger partial charge in [-0.15, -0.1) is 0 Å². The van der Waals surface area contributed by atoms with Gasteiger partial charge in [0.25, 0.3) is 5.91 Å². The summed E-state index contributed by atoms with van der Waals surface area (Å²) in [5.41, 5.74) is 0.964. The van der Waals surface area contributed by atoms with Crippen LogP contribution in [-0.4, -0.2) is 59.5 Å². The van der Waals surface area contributed by atoms with E-state index >= 15 is 0 Å². The largest absolute Gasteiger partial charge is 0.357 e. The van der Waals surface area contributed by atoms with E-state index < -0.39 is 27.4 Å². The van der Waals surface area contributed by atoms with Crippen LogP contribution < -0.4 is 10.6 Å². The topological polar surface area (TPSA) is 113 Å². The molecule has 1 aromatic heterocycles. The van der Waals surface area contributed by atoms with Crippen molar-refractivity contribution in [3.8, 4) is 11.4 Å². The predicted molar refractivity (Wildman–Crippen MR) is 131 cm³/mol. The van der Waals surface area contributed by atoms with Crippen molar-refractivity contribution in [2.24, 2.45) is 11.3 Å². The van der Waals surface area contributed by atoms with Gasteiger partial charge in [0.1, 0.15) is 11.9 Å². The van der Waals surface area contributed by atoms with Gasteiger partial charge in [-0.05, 0) is 11.3 Å². The van der Waals surface area contributed by atoms with Crippen molar-refractivity contribution in [2.45, 2.75) is 53.8 Å². The molecule has 2 aromatic rings. The number of nitrogens with one attached hydrogen (secondary N) is 2. The summed E-state index contributed by atoms with van der Waals surface area (Å²) >= 11 is 0. The Hall–Kier alpha value is -2.72. The number of imidazole rings is 1. The van der Waals surface area contributed by atoms with Crippen molar-refractivity contribution in [1.82, 2.24) is 24.5 Å². The van der Waals surface area contributed by atoms with Crippen molar-refractivity contribution in [1.29, 1.82) is 0 Å². The van der Waals surface area contributed by atoms with Gasteiger partial charge in [-0.1, -0.05) is 65.0 Å². The molecular formula is C24H35N5O4S. The summed E-state index contributed by atoms with van der Waals surface area (Å²) in [6, 6.07) is 8.70. The van der Waals surface area contributed by atoms with Crippen molar-refractivity contribution in [2.75, 3.05) is 19.3 Å². The van der Waals surface area contributed by atoms with E-state index in [-0.39, 0.29) is 29.8 Å². The molecule has 0 aliphatic carbocycles. The maximum Gasteiger partial charge on any atom is 0.272 e. The molecule has 0 fully saturated rings. The second-order valence-corrected chi connectivity index (χ2v) is 12.2. The van der Waals surface area contributed by atoms with Gasteiger partial charge in [0, 0.05) is 25.7 Å². The number of likely N-dealkylation sites (N-methyl/N-ethyl adjacent to an activating group) is 1. The van der Waals surface area contributed by atoms with E-state index in [2.05, 4.69) is 15.6 Å². The number of rotatable bonds is 7. The number of fused-ring (bicyclic) bond motifs is 1. The predicted octanol–water partition coefficient (Wildman–Crippen LogP) is 2.24. The van der Waals surface area contributed by atoms with E-state index in [1.165, 1.54) is 11.4 Å². The van der Waals surface area contributed by atoms with Crippen molar-refractivity contribution < 1.29 is 18.0 Å². The van der Waals surface area contributed by atoms with Gasteiger partial charge in [-0.25, -0.2) is 13.4 Å². The molecular weight excluding hydrogens is 454 g/mol. The fourth-order valence-corrected chi connectivity index (χ4v) is 5.85. The zero-order chi connectivity index (χ0) is 25.3. The zero-order valence-corrected chi connectivity index (χ0v) is 21.6. The molecule has 0 bridgehead atoms.